The lowest BCUT2D eigenvalue weighted by Gasteiger charge is -2.11. The molecule has 0 aromatic heterocycles. The van der Waals surface area contributed by atoms with Crippen LogP contribution in [-0.4, -0.2) is 32.7 Å². The van der Waals surface area contributed by atoms with Gasteiger partial charge in [0, 0.05) is 6.04 Å². The van der Waals surface area contributed by atoms with Gasteiger partial charge in [-0.25, -0.2) is 13.1 Å². The first-order valence-electron chi connectivity index (χ1n) is 4.68. The van der Waals surface area contributed by atoms with Crippen molar-refractivity contribution in [2.24, 2.45) is 0 Å². The molecule has 0 aliphatic heterocycles. The Morgan fingerprint density at radius 1 is 1.36 bits per heavy atom. The van der Waals surface area contributed by atoms with Gasteiger partial charge in [0.2, 0.25) is 15.9 Å². The van der Waals surface area contributed by atoms with Crippen molar-refractivity contribution in [2.45, 2.75) is 33.2 Å². The van der Waals surface area contributed by atoms with Gasteiger partial charge < -0.3 is 5.32 Å². The second kappa shape index (κ2) is 5.98. The second-order valence-electron chi connectivity index (χ2n) is 3.10. The number of rotatable bonds is 6. The van der Waals surface area contributed by atoms with Crippen molar-refractivity contribution >= 4 is 15.9 Å². The molecule has 0 bridgehead atoms. The van der Waals surface area contributed by atoms with Crippen molar-refractivity contribution < 1.29 is 13.2 Å². The van der Waals surface area contributed by atoms with Crippen LogP contribution in [0, 0.1) is 0 Å². The van der Waals surface area contributed by atoms with Crippen LogP contribution in [0.4, 0.5) is 0 Å². The topological polar surface area (TPSA) is 75.3 Å². The van der Waals surface area contributed by atoms with Crippen molar-refractivity contribution in [1.29, 1.82) is 0 Å². The molecule has 14 heavy (non-hydrogen) atoms. The van der Waals surface area contributed by atoms with Crippen LogP contribution in [0.2, 0.25) is 0 Å². The van der Waals surface area contributed by atoms with Crippen LogP contribution in [0.25, 0.3) is 0 Å². The maximum Gasteiger partial charge on any atom is 0.235 e. The molecule has 0 fully saturated rings. The highest BCUT2D eigenvalue weighted by atomic mass is 32.2. The predicted octanol–water partition coefficient (Wildman–Crippen LogP) is -0.160. The molecule has 1 amide bonds. The van der Waals surface area contributed by atoms with Crippen molar-refractivity contribution in [2.75, 3.05) is 12.3 Å². The average molecular weight is 222 g/mol. The Morgan fingerprint density at radius 2 is 1.93 bits per heavy atom. The van der Waals surface area contributed by atoms with Crippen LogP contribution in [0.3, 0.4) is 0 Å². The smallest absolute Gasteiger partial charge is 0.235 e. The lowest BCUT2D eigenvalue weighted by Crippen LogP contribution is -2.40. The maximum absolute atomic E-state index is 11.1. The molecule has 0 aliphatic rings. The number of hydrogen-bond donors (Lipinski definition) is 2. The van der Waals surface area contributed by atoms with Crippen LogP contribution in [-0.2, 0) is 14.8 Å². The Morgan fingerprint density at radius 3 is 2.36 bits per heavy atom. The summed E-state index contributed by atoms with van der Waals surface area (Å²) in [4.78, 5) is 11.1. The van der Waals surface area contributed by atoms with Gasteiger partial charge in [-0.2, -0.15) is 0 Å². The summed E-state index contributed by atoms with van der Waals surface area (Å²) in [6.45, 7) is 5.16. The van der Waals surface area contributed by atoms with E-state index in [1.165, 1.54) is 6.92 Å². The van der Waals surface area contributed by atoms with E-state index in [2.05, 4.69) is 10.0 Å². The van der Waals surface area contributed by atoms with Crippen LogP contribution in [0.1, 0.15) is 27.2 Å². The summed E-state index contributed by atoms with van der Waals surface area (Å²) in [5.41, 5.74) is 0. The summed E-state index contributed by atoms with van der Waals surface area (Å²) in [5.74, 6) is -0.305. The Bertz CT molecular complexity index is 274. The molecule has 0 spiro atoms. The molecule has 1 atom stereocenters. The Labute approximate surface area is 85.3 Å². The zero-order valence-corrected chi connectivity index (χ0v) is 9.65. The SMILES string of the molecule is CCC(C)NC(=O)CNS(=O)(=O)CC. The van der Waals surface area contributed by atoms with Gasteiger partial charge in [0.05, 0.1) is 12.3 Å². The molecule has 0 aromatic carbocycles. The third-order valence-corrected chi connectivity index (χ3v) is 3.20. The molecule has 0 aromatic rings. The second-order valence-corrected chi connectivity index (χ2v) is 5.20. The number of carbonyl (C=O) groups is 1. The molecule has 6 heteroatoms. The summed E-state index contributed by atoms with van der Waals surface area (Å²) < 4.78 is 24.1. The monoisotopic (exact) mass is 222 g/mol. The van der Waals surface area contributed by atoms with Gasteiger partial charge in [-0.05, 0) is 20.3 Å². The highest BCUT2D eigenvalue weighted by molar-refractivity contribution is 7.89. The first-order valence-corrected chi connectivity index (χ1v) is 6.33. The fraction of sp³-hybridized carbons (Fsp3) is 0.875. The van der Waals surface area contributed by atoms with Gasteiger partial charge in [0.25, 0.3) is 0 Å². The van der Waals surface area contributed by atoms with Crippen molar-refractivity contribution in [3.63, 3.8) is 0 Å². The fourth-order valence-electron chi connectivity index (χ4n) is 0.705. The van der Waals surface area contributed by atoms with E-state index in [4.69, 9.17) is 0 Å². The van der Waals surface area contributed by atoms with Crippen molar-refractivity contribution in [3.8, 4) is 0 Å². The number of carbonyl (C=O) groups excluding carboxylic acids is 1. The summed E-state index contributed by atoms with van der Waals surface area (Å²) in [6, 6.07) is 0.0774. The first-order chi connectivity index (χ1) is 6.41. The molecule has 5 nitrogen and oxygen atoms in total. The average Bonchev–Trinajstić information content (AvgIpc) is 2.15. The van der Waals surface area contributed by atoms with Crippen molar-refractivity contribution in [1.82, 2.24) is 10.0 Å². The molecule has 0 rings (SSSR count). The molecule has 0 radical (unpaired) electrons. The van der Waals surface area contributed by atoms with E-state index in [9.17, 15) is 13.2 Å². The predicted molar refractivity (Wildman–Crippen MR) is 55.4 cm³/mol. The third kappa shape index (κ3) is 5.93. The molecule has 0 heterocycles. The summed E-state index contributed by atoms with van der Waals surface area (Å²) in [5, 5.41) is 2.66. The Kier molecular flexibility index (Phi) is 5.71. The van der Waals surface area contributed by atoms with Gasteiger partial charge in [0.15, 0.2) is 0 Å². The Hall–Kier alpha value is -0.620. The minimum Gasteiger partial charge on any atom is -0.353 e. The number of nitrogens with one attached hydrogen (secondary N) is 2. The molecular weight excluding hydrogens is 204 g/mol. The molecular formula is C8H18N2O3S. The highest BCUT2D eigenvalue weighted by Gasteiger charge is 2.10. The molecule has 84 valence electrons. The quantitative estimate of drug-likeness (QED) is 0.655. The zero-order valence-electron chi connectivity index (χ0n) is 8.83. The van der Waals surface area contributed by atoms with Gasteiger partial charge >= 0.3 is 0 Å². The van der Waals surface area contributed by atoms with Crippen LogP contribution in [0.15, 0.2) is 0 Å². The molecule has 0 saturated heterocycles. The molecule has 0 aliphatic carbocycles. The van der Waals surface area contributed by atoms with E-state index in [-0.39, 0.29) is 24.2 Å². The molecule has 0 saturated carbocycles. The van der Waals surface area contributed by atoms with E-state index in [0.717, 1.165) is 6.42 Å². The summed E-state index contributed by atoms with van der Waals surface area (Å²) >= 11 is 0. The van der Waals surface area contributed by atoms with Gasteiger partial charge in [-0.15, -0.1) is 0 Å². The standard InChI is InChI=1S/C8H18N2O3S/c1-4-7(3)10-8(11)6-9-14(12,13)5-2/h7,9H,4-6H2,1-3H3,(H,10,11). The minimum atomic E-state index is -3.27. The third-order valence-electron chi connectivity index (χ3n) is 1.85. The maximum atomic E-state index is 11.1. The number of sulfonamides is 1. The summed E-state index contributed by atoms with van der Waals surface area (Å²) in [7, 11) is -3.27. The summed E-state index contributed by atoms with van der Waals surface area (Å²) in [6.07, 6.45) is 0.826. The van der Waals surface area contributed by atoms with Gasteiger partial charge in [-0.1, -0.05) is 6.92 Å². The van der Waals surface area contributed by atoms with Gasteiger partial charge in [-0.3, -0.25) is 4.79 Å². The highest BCUT2D eigenvalue weighted by Crippen LogP contribution is 1.87. The largest absolute Gasteiger partial charge is 0.353 e. The van der Waals surface area contributed by atoms with Crippen molar-refractivity contribution in [3.05, 3.63) is 0 Å². The van der Waals surface area contributed by atoms with E-state index in [0.29, 0.717) is 0 Å². The zero-order chi connectivity index (χ0) is 11.2. The van der Waals surface area contributed by atoms with Crippen LogP contribution >= 0.6 is 0 Å². The van der Waals surface area contributed by atoms with E-state index in [1.54, 1.807) is 0 Å². The number of amides is 1. The lowest BCUT2D eigenvalue weighted by atomic mass is 10.2. The fourth-order valence-corrected chi connectivity index (χ4v) is 1.26. The van der Waals surface area contributed by atoms with E-state index >= 15 is 0 Å². The van der Waals surface area contributed by atoms with Crippen LogP contribution < -0.4 is 10.0 Å². The lowest BCUT2D eigenvalue weighted by molar-refractivity contribution is -0.120. The normalized spacial score (nSPS) is 13.6. The van der Waals surface area contributed by atoms with E-state index < -0.39 is 10.0 Å². The van der Waals surface area contributed by atoms with Gasteiger partial charge in [0.1, 0.15) is 0 Å². The number of hydrogen-bond acceptors (Lipinski definition) is 3. The van der Waals surface area contributed by atoms with Crippen LogP contribution in [0.5, 0.6) is 0 Å². The minimum absolute atomic E-state index is 0.0103. The Balaban J connectivity index is 3.86. The van der Waals surface area contributed by atoms with E-state index in [1.807, 2.05) is 13.8 Å². The molecule has 2 N–H and O–H groups in total. The molecule has 1 unspecified atom stereocenters. The first kappa shape index (κ1) is 13.4.